The van der Waals surface area contributed by atoms with Crippen LogP contribution < -0.4 is 4.72 Å². The van der Waals surface area contributed by atoms with Crippen LogP contribution in [0.5, 0.6) is 0 Å². The first-order chi connectivity index (χ1) is 9.26. The molecule has 1 atom stereocenters. The van der Waals surface area contributed by atoms with Crippen molar-refractivity contribution in [2.45, 2.75) is 37.1 Å². The summed E-state index contributed by atoms with van der Waals surface area (Å²) in [6.07, 6.45) is 0.896. The molecular formula is C12H15BrClNO4S. The van der Waals surface area contributed by atoms with Crippen LogP contribution in [-0.2, 0) is 14.8 Å². The Morgan fingerprint density at radius 1 is 1.50 bits per heavy atom. The van der Waals surface area contributed by atoms with E-state index in [1.54, 1.807) is 0 Å². The molecule has 5 nitrogen and oxygen atoms in total. The molecule has 1 aromatic rings. The van der Waals surface area contributed by atoms with Crippen LogP contribution >= 0.6 is 27.5 Å². The summed E-state index contributed by atoms with van der Waals surface area (Å²) < 4.78 is 27.3. The number of halogens is 2. The molecule has 0 amide bonds. The van der Waals surface area contributed by atoms with Gasteiger partial charge in [0.1, 0.15) is 0 Å². The van der Waals surface area contributed by atoms with Gasteiger partial charge >= 0.3 is 5.97 Å². The highest BCUT2D eigenvalue weighted by atomic mass is 79.9. The second-order valence-electron chi connectivity index (χ2n) is 4.28. The molecule has 0 saturated carbocycles. The number of aliphatic carboxylic acids is 1. The first-order valence-corrected chi connectivity index (χ1v) is 8.61. The van der Waals surface area contributed by atoms with Crippen LogP contribution in [0.1, 0.15) is 26.2 Å². The molecule has 2 N–H and O–H groups in total. The predicted octanol–water partition coefficient (Wildman–Crippen LogP) is 3.02. The fourth-order valence-electron chi connectivity index (χ4n) is 1.69. The lowest BCUT2D eigenvalue weighted by atomic mass is 10.1. The lowest BCUT2D eigenvalue weighted by Crippen LogP contribution is -2.36. The Balaban J connectivity index is 2.96. The average molecular weight is 385 g/mol. The fourth-order valence-corrected chi connectivity index (χ4v) is 3.64. The zero-order valence-corrected chi connectivity index (χ0v) is 13.9. The first kappa shape index (κ1) is 17.4. The lowest BCUT2D eigenvalue weighted by Gasteiger charge is -2.16. The first-order valence-electron chi connectivity index (χ1n) is 5.95. The van der Waals surface area contributed by atoms with E-state index in [1.807, 2.05) is 6.92 Å². The van der Waals surface area contributed by atoms with Gasteiger partial charge in [-0.15, -0.1) is 0 Å². The third-order valence-electron chi connectivity index (χ3n) is 2.58. The molecule has 0 saturated heterocycles. The van der Waals surface area contributed by atoms with Crippen molar-refractivity contribution in [2.24, 2.45) is 0 Å². The van der Waals surface area contributed by atoms with Crippen LogP contribution in [0.15, 0.2) is 27.6 Å². The molecule has 0 fully saturated rings. The van der Waals surface area contributed by atoms with E-state index >= 15 is 0 Å². The van der Waals surface area contributed by atoms with Crippen molar-refractivity contribution in [1.82, 2.24) is 4.72 Å². The maximum atomic E-state index is 12.2. The van der Waals surface area contributed by atoms with Crippen LogP contribution in [0, 0.1) is 0 Å². The van der Waals surface area contributed by atoms with E-state index < -0.39 is 22.0 Å². The van der Waals surface area contributed by atoms with Crippen LogP contribution in [0.25, 0.3) is 0 Å². The minimum absolute atomic E-state index is 0.0419. The number of carbonyl (C=O) groups is 1. The third kappa shape index (κ3) is 5.05. The highest BCUT2D eigenvalue weighted by molar-refractivity contribution is 9.10. The van der Waals surface area contributed by atoms with Crippen molar-refractivity contribution in [3.63, 3.8) is 0 Å². The van der Waals surface area contributed by atoms with Gasteiger partial charge in [-0.25, -0.2) is 13.1 Å². The van der Waals surface area contributed by atoms with Gasteiger partial charge in [0, 0.05) is 10.5 Å². The lowest BCUT2D eigenvalue weighted by molar-refractivity contribution is -0.137. The van der Waals surface area contributed by atoms with Crippen molar-refractivity contribution >= 4 is 43.5 Å². The Bertz CT molecular complexity index is 591. The number of carboxylic acids is 1. The number of carboxylic acid groups (broad SMARTS) is 1. The predicted molar refractivity (Wildman–Crippen MR) is 80.4 cm³/mol. The normalized spacial score (nSPS) is 13.2. The molecule has 0 spiro atoms. The molecular weight excluding hydrogens is 370 g/mol. The summed E-state index contributed by atoms with van der Waals surface area (Å²) in [6, 6.07) is 3.59. The molecule has 0 aliphatic heterocycles. The standard InChI is InChI=1S/C12H15BrClNO4S/c1-2-3-8(6-12(16)17)15-20(18,19)9-4-5-11(14)10(13)7-9/h4-5,7-8,15H,2-3,6H2,1H3,(H,16,17). The quantitative estimate of drug-likeness (QED) is 0.757. The number of nitrogens with one attached hydrogen (secondary N) is 1. The highest BCUT2D eigenvalue weighted by Crippen LogP contribution is 2.25. The molecule has 1 aromatic carbocycles. The molecule has 0 heterocycles. The van der Waals surface area contributed by atoms with E-state index in [9.17, 15) is 13.2 Å². The summed E-state index contributed by atoms with van der Waals surface area (Å²) in [5.41, 5.74) is 0. The van der Waals surface area contributed by atoms with Crippen LogP contribution in [0.3, 0.4) is 0 Å². The Kier molecular flexibility index (Phi) is 6.44. The van der Waals surface area contributed by atoms with Gasteiger partial charge < -0.3 is 5.11 Å². The van der Waals surface area contributed by atoms with Gasteiger partial charge in [0.2, 0.25) is 10.0 Å². The molecule has 1 rings (SSSR count). The summed E-state index contributed by atoms with van der Waals surface area (Å²) in [5.74, 6) is -1.04. The van der Waals surface area contributed by atoms with Crippen LogP contribution in [0.4, 0.5) is 0 Å². The zero-order valence-electron chi connectivity index (χ0n) is 10.8. The number of hydrogen-bond acceptors (Lipinski definition) is 3. The topological polar surface area (TPSA) is 83.5 Å². The number of hydrogen-bond donors (Lipinski definition) is 2. The van der Waals surface area contributed by atoms with Crippen LogP contribution in [0.2, 0.25) is 5.02 Å². The molecule has 0 aliphatic carbocycles. The van der Waals surface area contributed by atoms with Gasteiger partial charge in [-0.1, -0.05) is 24.9 Å². The summed E-state index contributed by atoms with van der Waals surface area (Å²) in [4.78, 5) is 10.8. The summed E-state index contributed by atoms with van der Waals surface area (Å²) >= 11 is 8.97. The number of sulfonamides is 1. The van der Waals surface area contributed by atoms with E-state index in [4.69, 9.17) is 16.7 Å². The van der Waals surface area contributed by atoms with E-state index in [1.165, 1.54) is 18.2 Å². The van der Waals surface area contributed by atoms with Gasteiger partial charge in [0.05, 0.1) is 16.3 Å². The summed E-state index contributed by atoms with van der Waals surface area (Å²) in [7, 11) is -3.77. The summed E-state index contributed by atoms with van der Waals surface area (Å²) in [6.45, 7) is 1.86. The molecule has 0 radical (unpaired) electrons. The molecule has 8 heteroatoms. The zero-order chi connectivity index (χ0) is 15.3. The minimum atomic E-state index is -3.77. The Morgan fingerprint density at radius 3 is 2.65 bits per heavy atom. The van der Waals surface area contributed by atoms with Gasteiger partial charge in [0.15, 0.2) is 0 Å². The molecule has 20 heavy (non-hydrogen) atoms. The Labute approximate surface area is 131 Å². The second kappa shape index (κ2) is 7.40. The Hall–Kier alpha value is -0.630. The minimum Gasteiger partial charge on any atom is -0.481 e. The number of rotatable bonds is 7. The van der Waals surface area contributed by atoms with Crippen molar-refractivity contribution in [2.75, 3.05) is 0 Å². The molecule has 0 aliphatic rings. The van der Waals surface area contributed by atoms with E-state index in [0.717, 1.165) is 0 Å². The smallest absolute Gasteiger partial charge is 0.304 e. The number of benzene rings is 1. The monoisotopic (exact) mass is 383 g/mol. The second-order valence-corrected chi connectivity index (χ2v) is 7.26. The fraction of sp³-hybridized carbons (Fsp3) is 0.417. The van der Waals surface area contributed by atoms with E-state index in [-0.39, 0.29) is 11.3 Å². The van der Waals surface area contributed by atoms with Gasteiger partial charge in [0.25, 0.3) is 0 Å². The highest BCUT2D eigenvalue weighted by Gasteiger charge is 2.22. The van der Waals surface area contributed by atoms with Crippen molar-refractivity contribution in [3.05, 3.63) is 27.7 Å². The maximum absolute atomic E-state index is 12.2. The van der Waals surface area contributed by atoms with Gasteiger partial charge in [-0.2, -0.15) is 0 Å². The maximum Gasteiger partial charge on any atom is 0.304 e. The molecule has 0 bridgehead atoms. The largest absolute Gasteiger partial charge is 0.481 e. The van der Waals surface area contributed by atoms with Crippen LogP contribution in [-0.4, -0.2) is 25.5 Å². The van der Waals surface area contributed by atoms with E-state index in [2.05, 4.69) is 20.7 Å². The van der Waals surface area contributed by atoms with Crippen molar-refractivity contribution in [1.29, 1.82) is 0 Å². The SMILES string of the molecule is CCCC(CC(=O)O)NS(=O)(=O)c1ccc(Cl)c(Br)c1. The van der Waals surface area contributed by atoms with Gasteiger partial charge in [-0.3, -0.25) is 4.79 Å². The molecule has 0 aromatic heterocycles. The summed E-state index contributed by atoms with van der Waals surface area (Å²) in [5, 5.41) is 9.20. The van der Waals surface area contributed by atoms with Crippen molar-refractivity contribution in [3.8, 4) is 0 Å². The van der Waals surface area contributed by atoms with Gasteiger partial charge in [-0.05, 0) is 40.5 Å². The molecule has 112 valence electrons. The van der Waals surface area contributed by atoms with E-state index in [0.29, 0.717) is 22.3 Å². The molecule has 1 unspecified atom stereocenters. The Morgan fingerprint density at radius 2 is 2.15 bits per heavy atom. The third-order valence-corrected chi connectivity index (χ3v) is 5.31. The van der Waals surface area contributed by atoms with Crippen molar-refractivity contribution < 1.29 is 18.3 Å². The average Bonchev–Trinajstić information content (AvgIpc) is 2.31.